The molecule has 8 nitrogen and oxygen atoms in total. The van der Waals surface area contributed by atoms with Gasteiger partial charge in [0.2, 0.25) is 11.7 Å². The molecule has 3 amide bonds. The number of benzene rings is 1. The van der Waals surface area contributed by atoms with E-state index < -0.39 is 0 Å². The predicted molar refractivity (Wildman–Crippen MR) is 109 cm³/mol. The molecule has 2 saturated heterocycles. The molecule has 29 heavy (non-hydrogen) atoms. The smallest absolute Gasteiger partial charge is 0.289 e. The van der Waals surface area contributed by atoms with Crippen molar-refractivity contribution in [2.45, 2.75) is 33.2 Å². The average molecular weight is 423 g/mol. The van der Waals surface area contributed by atoms with Crippen LogP contribution in [0.15, 0.2) is 12.1 Å². The first kappa shape index (κ1) is 21.3. The summed E-state index contributed by atoms with van der Waals surface area (Å²) in [6.07, 6.45) is 0.581. The van der Waals surface area contributed by atoms with Gasteiger partial charge in [-0.1, -0.05) is 11.8 Å². The summed E-state index contributed by atoms with van der Waals surface area (Å²) in [4.78, 5) is 40.0. The number of ether oxygens (including phenoxy) is 3. The SMILES string of the molecule is CCOc1cc(C(=O)N2CCC(N3C(=O)CSC3=O)C2)cc(OCC)c1OCC. The zero-order valence-corrected chi connectivity index (χ0v) is 17.8. The fraction of sp³-hybridized carbons (Fsp3) is 0.550. The Morgan fingerprint density at radius 2 is 1.69 bits per heavy atom. The molecular formula is C20H26N2O6S. The van der Waals surface area contributed by atoms with Gasteiger partial charge in [-0.2, -0.15) is 0 Å². The van der Waals surface area contributed by atoms with E-state index in [9.17, 15) is 14.4 Å². The zero-order valence-electron chi connectivity index (χ0n) is 16.9. The van der Waals surface area contributed by atoms with Crippen molar-refractivity contribution in [3.05, 3.63) is 17.7 Å². The molecule has 158 valence electrons. The number of hydrogen-bond donors (Lipinski definition) is 0. The highest BCUT2D eigenvalue weighted by molar-refractivity contribution is 8.14. The number of nitrogens with zero attached hydrogens (tertiary/aromatic N) is 2. The minimum atomic E-state index is -0.269. The standard InChI is InChI=1S/C20H26N2O6S/c1-4-26-15-9-13(10-16(27-5-2)18(15)28-6-3)19(24)21-8-7-14(11-21)22-17(23)12-29-20(22)25/h9-10,14H,4-8,11-12H2,1-3H3. The van der Waals surface area contributed by atoms with Crippen molar-refractivity contribution in [1.29, 1.82) is 0 Å². The van der Waals surface area contributed by atoms with Gasteiger partial charge in [-0.05, 0) is 39.3 Å². The number of carbonyl (C=O) groups excluding carboxylic acids is 3. The topological polar surface area (TPSA) is 85.4 Å². The Kier molecular flexibility index (Phi) is 6.89. The first-order valence-electron chi connectivity index (χ1n) is 9.84. The maximum atomic E-state index is 13.1. The summed E-state index contributed by atoms with van der Waals surface area (Å²) in [5.74, 6) is 1.21. The molecule has 0 saturated carbocycles. The molecule has 2 aliphatic rings. The Hall–Kier alpha value is -2.42. The van der Waals surface area contributed by atoms with Gasteiger partial charge < -0.3 is 19.1 Å². The molecule has 1 unspecified atom stereocenters. The van der Waals surface area contributed by atoms with Gasteiger partial charge in [0.05, 0.1) is 31.6 Å². The third-order valence-corrected chi connectivity index (χ3v) is 5.59. The molecule has 1 aromatic rings. The summed E-state index contributed by atoms with van der Waals surface area (Å²) in [6.45, 7) is 7.68. The van der Waals surface area contributed by atoms with Crippen LogP contribution in [0.1, 0.15) is 37.6 Å². The lowest BCUT2D eigenvalue weighted by Gasteiger charge is -2.22. The normalized spacial score (nSPS) is 19.1. The van der Waals surface area contributed by atoms with Gasteiger partial charge in [0.25, 0.3) is 11.1 Å². The fourth-order valence-corrected chi connectivity index (χ4v) is 4.32. The van der Waals surface area contributed by atoms with E-state index in [4.69, 9.17) is 14.2 Å². The fourth-order valence-electron chi connectivity index (χ4n) is 3.55. The van der Waals surface area contributed by atoms with E-state index >= 15 is 0 Å². The van der Waals surface area contributed by atoms with E-state index in [1.54, 1.807) is 17.0 Å². The summed E-state index contributed by atoms with van der Waals surface area (Å²) in [7, 11) is 0. The Labute approximate surface area is 174 Å². The van der Waals surface area contributed by atoms with Crippen LogP contribution in [0.2, 0.25) is 0 Å². The largest absolute Gasteiger partial charge is 0.490 e. The van der Waals surface area contributed by atoms with Gasteiger partial charge in [-0.3, -0.25) is 19.3 Å². The first-order chi connectivity index (χ1) is 14.0. The quantitative estimate of drug-likeness (QED) is 0.637. The average Bonchev–Trinajstić information content (AvgIpc) is 3.30. The Balaban J connectivity index is 1.83. The highest BCUT2D eigenvalue weighted by atomic mass is 32.2. The second-order valence-electron chi connectivity index (χ2n) is 6.61. The third-order valence-electron chi connectivity index (χ3n) is 4.76. The molecule has 0 aromatic heterocycles. The number of likely N-dealkylation sites (tertiary alicyclic amines) is 1. The molecule has 9 heteroatoms. The van der Waals surface area contributed by atoms with Crippen molar-refractivity contribution >= 4 is 28.8 Å². The van der Waals surface area contributed by atoms with Crippen LogP contribution in [-0.4, -0.2) is 71.6 Å². The van der Waals surface area contributed by atoms with Gasteiger partial charge in [-0.15, -0.1) is 0 Å². The highest BCUT2D eigenvalue weighted by Crippen LogP contribution is 2.39. The van der Waals surface area contributed by atoms with E-state index in [0.29, 0.717) is 62.1 Å². The maximum absolute atomic E-state index is 13.1. The molecular weight excluding hydrogens is 396 g/mol. The second-order valence-corrected chi connectivity index (χ2v) is 7.54. The lowest BCUT2D eigenvalue weighted by molar-refractivity contribution is -0.126. The lowest BCUT2D eigenvalue weighted by Crippen LogP contribution is -2.41. The van der Waals surface area contributed by atoms with Crippen molar-refractivity contribution in [3.63, 3.8) is 0 Å². The van der Waals surface area contributed by atoms with Crippen molar-refractivity contribution in [2.75, 3.05) is 38.7 Å². The van der Waals surface area contributed by atoms with Gasteiger partial charge in [0.15, 0.2) is 11.5 Å². The minimum Gasteiger partial charge on any atom is -0.490 e. The number of carbonyl (C=O) groups is 3. The molecule has 0 bridgehead atoms. The van der Waals surface area contributed by atoms with E-state index in [2.05, 4.69) is 0 Å². The number of hydrogen-bond acceptors (Lipinski definition) is 7. The second kappa shape index (κ2) is 9.39. The number of imide groups is 1. The van der Waals surface area contributed by atoms with Gasteiger partial charge in [0, 0.05) is 18.7 Å². The number of amides is 3. The molecule has 0 radical (unpaired) electrons. The molecule has 0 aliphatic carbocycles. The Morgan fingerprint density at radius 1 is 1.07 bits per heavy atom. The van der Waals surface area contributed by atoms with Crippen molar-refractivity contribution in [2.24, 2.45) is 0 Å². The predicted octanol–water partition coefficient (Wildman–Crippen LogP) is 2.79. The minimum absolute atomic E-state index is 0.178. The first-order valence-corrected chi connectivity index (χ1v) is 10.8. The summed E-state index contributed by atoms with van der Waals surface area (Å²) in [5, 5.41) is -0.229. The van der Waals surface area contributed by atoms with Crippen LogP contribution in [0.5, 0.6) is 17.2 Å². The Bertz CT molecular complexity index is 756. The summed E-state index contributed by atoms with van der Waals surface area (Å²) < 4.78 is 17.1. The molecule has 2 heterocycles. The summed E-state index contributed by atoms with van der Waals surface area (Å²) in [6, 6.07) is 3.05. The van der Waals surface area contributed by atoms with Crippen molar-refractivity contribution in [1.82, 2.24) is 9.80 Å². The van der Waals surface area contributed by atoms with Crippen LogP contribution >= 0.6 is 11.8 Å². The third kappa shape index (κ3) is 4.44. The van der Waals surface area contributed by atoms with E-state index in [1.165, 1.54) is 4.90 Å². The molecule has 3 rings (SSSR count). The van der Waals surface area contributed by atoms with Crippen LogP contribution in [-0.2, 0) is 4.79 Å². The van der Waals surface area contributed by atoms with Crippen LogP contribution in [0, 0.1) is 0 Å². The van der Waals surface area contributed by atoms with Crippen molar-refractivity contribution in [3.8, 4) is 17.2 Å². The maximum Gasteiger partial charge on any atom is 0.289 e. The van der Waals surface area contributed by atoms with Crippen molar-refractivity contribution < 1.29 is 28.6 Å². The molecule has 1 atom stereocenters. The van der Waals surface area contributed by atoms with Gasteiger partial charge in [-0.25, -0.2) is 0 Å². The zero-order chi connectivity index (χ0) is 21.0. The van der Waals surface area contributed by atoms with E-state index in [1.807, 2.05) is 20.8 Å². The van der Waals surface area contributed by atoms with Crippen LogP contribution in [0.25, 0.3) is 0 Å². The van der Waals surface area contributed by atoms with Gasteiger partial charge >= 0.3 is 0 Å². The van der Waals surface area contributed by atoms with E-state index in [-0.39, 0.29) is 28.8 Å². The molecule has 0 spiro atoms. The lowest BCUT2D eigenvalue weighted by atomic mass is 10.1. The number of thioether (sulfide) groups is 1. The monoisotopic (exact) mass is 422 g/mol. The molecule has 2 fully saturated rings. The molecule has 0 N–H and O–H groups in total. The number of rotatable bonds is 8. The Morgan fingerprint density at radius 3 is 2.21 bits per heavy atom. The highest BCUT2D eigenvalue weighted by Gasteiger charge is 2.40. The summed E-state index contributed by atoms with van der Waals surface area (Å²) >= 11 is 1.01. The van der Waals surface area contributed by atoms with Gasteiger partial charge in [0.1, 0.15) is 0 Å². The van der Waals surface area contributed by atoms with Crippen LogP contribution in [0.4, 0.5) is 4.79 Å². The van der Waals surface area contributed by atoms with Crippen LogP contribution < -0.4 is 14.2 Å². The van der Waals surface area contributed by atoms with E-state index in [0.717, 1.165) is 11.8 Å². The molecule has 1 aromatic carbocycles. The summed E-state index contributed by atoms with van der Waals surface area (Å²) in [5.41, 5.74) is 0.425. The molecule has 2 aliphatic heterocycles. The van der Waals surface area contributed by atoms with Crippen LogP contribution in [0.3, 0.4) is 0 Å².